The van der Waals surface area contributed by atoms with Gasteiger partial charge in [0.15, 0.2) is 0 Å². The Bertz CT molecular complexity index is 910. The maximum atomic E-state index is 13.8. The Kier molecular flexibility index (Phi) is 6.12. The van der Waals surface area contributed by atoms with Crippen LogP contribution in [0.1, 0.15) is 23.2 Å². The van der Waals surface area contributed by atoms with E-state index in [0.29, 0.717) is 23.0 Å². The third-order valence-electron chi connectivity index (χ3n) is 5.16. The molecule has 28 heavy (non-hydrogen) atoms. The lowest BCUT2D eigenvalue weighted by atomic mass is 10.1. The largest absolute Gasteiger partial charge is 0.381 e. The second kappa shape index (κ2) is 8.55. The minimum atomic E-state index is -0.377. The summed E-state index contributed by atoms with van der Waals surface area (Å²) in [5, 5.41) is 12.5. The van der Waals surface area contributed by atoms with Gasteiger partial charge in [-0.3, -0.25) is 14.3 Å². The summed E-state index contributed by atoms with van der Waals surface area (Å²) in [6, 6.07) is 8.27. The summed E-state index contributed by atoms with van der Waals surface area (Å²) in [5.41, 5.74) is 2.50. The Hall–Kier alpha value is -2.69. The Morgan fingerprint density at radius 1 is 1.46 bits per heavy atom. The average Bonchev–Trinajstić information content (AvgIpc) is 3.22. The van der Waals surface area contributed by atoms with Crippen molar-refractivity contribution in [3.63, 3.8) is 0 Å². The highest BCUT2D eigenvalue weighted by atomic mass is 19.1. The molecule has 1 fully saturated rings. The second-order valence-electron chi connectivity index (χ2n) is 7.34. The van der Waals surface area contributed by atoms with Gasteiger partial charge < -0.3 is 10.1 Å². The molecule has 0 spiro atoms. The van der Waals surface area contributed by atoms with Crippen LogP contribution in [0.3, 0.4) is 0 Å². The molecule has 0 bridgehead atoms. The number of ether oxygens (including phenoxy) is 1. The Labute approximate surface area is 164 Å². The third kappa shape index (κ3) is 4.24. The van der Waals surface area contributed by atoms with Crippen LogP contribution < -0.4 is 5.32 Å². The number of amides is 1. The number of nitrogens with zero attached hydrogens (tertiary/aromatic N) is 3. The molecular weight excluding hydrogens is 359 g/mol. The van der Waals surface area contributed by atoms with Gasteiger partial charge in [-0.05, 0) is 57.0 Å². The minimum Gasteiger partial charge on any atom is -0.381 e. The zero-order valence-electron chi connectivity index (χ0n) is 16.5. The fourth-order valence-electron chi connectivity index (χ4n) is 3.65. The van der Waals surface area contributed by atoms with Crippen LogP contribution in [0.5, 0.6) is 0 Å². The van der Waals surface area contributed by atoms with Crippen LogP contribution in [0.25, 0.3) is 5.69 Å². The maximum absolute atomic E-state index is 13.8. The number of carbonyl (C=O) groups excluding carboxylic acids is 1. The molecule has 2 aromatic rings. The lowest BCUT2D eigenvalue weighted by Gasteiger charge is -2.20. The number of hydrogen-bond donors (Lipinski definition) is 1. The number of carbonyl (C=O) groups is 1. The van der Waals surface area contributed by atoms with Gasteiger partial charge in [-0.25, -0.2) is 4.39 Å². The van der Waals surface area contributed by atoms with Gasteiger partial charge in [0.1, 0.15) is 17.7 Å². The van der Waals surface area contributed by atoms with Crippen LogP contribution in [0.15, 0.2) is 24.3 Å². The van der Waals surface area contributed by atoms with Gasteiger partial charge in [0.05, 0.1) is 24.4 Å². The summed E-state index contributed by atoms with van der Waals surface area (Å²) in [6.45, 7) is 6.16. The molecule has 7 heteroatoms. The van der Waals surface area contributed by atoms with Gasteiger partial charge in [-0.15, -0.1) is 0 Å². The van der Waals surface area contributed by atoms with E-state index in [1.165, 1.54) is 12.1 Å². The molecule has 1 aromatic carbocycles. The highest BCUT2D eigenvalue weighted by molar-refractivity contribution is 5.93. The molecule has 1 aliphatic heterocycles. The Balaban J connectivity index is 1.83. The fraction of sp³-hybridized carbons (Fsp3) is 0.429. The van der Waals surface area contributed by atoms with Crippen molar-refractivity contribution in [1.29, 1.82) is 5.26 Å². The molecule has 6 nitrogen and oxygen atoms in total. The van der Waals surface area contributed by atoms with Crippen molar-refractivity contribution in [2.24, 2.45) is 5.92 Å². The highest BCUT2D eigenvalue weighted by Crippen LogP contribution is 2.30. The molecule has 0 aliphatic carbocycles. The molecule has 0 unspecified atom stereocenters. The summed E-state index contributed by atoms with van der Waals surface area (Å²) in [6.07, 6.45) is 1.01. The van der Waals surface area contributed by atoms with E-state index >= 15 is 0 Å². The van der Waals surface area contributed by atoms with Crippen molar-refractivity contribution >= 4 is 11.7 Å². The third-order valence-corrected chi connectivity index (χ3v) is 5.16. The summed E-state index contributed by atoms with van der Waals surface area (Å²) < 4.78 is 20.9. The molecular formula is C21H25FN4O2. The summed E-state index contributed by atoms with van der Waals surface area (Å²) >= 11 is 0. The number of hydrogen-bond acceptors (Lipinski definition) is 4. The van der Waals surface area contributed by atoms with Crippen LogP contribution in [0.2, 0.25) is 0 Å². The maximum Gasteiger partial charge on any atom is 0.239 e. The van der Waals surface area contributed by atoms with Crippen molar-refractivity contribution in [1.82, 2.24) is 9.47 Å². The van der Waals surface area contributed by atoms with Crippen molar-refractivity contribution in [2.75, 3.05) is 38.7 Å². The molecule has 1 atom stereocenters. The van der Waals surface area contributed by atoms with Crippen LogP contribution in [-0.2, 0) is 9.53 Å². The topological polar surface area (TPSA) is 70.3 Å². The van der Waals surface area contributed by atoms with E-state index in [0.717, 1.165) is 37.4 Å². The van der Waals surface area contributed by atoms with E-state index in [1.54, 1.807) is 16.7 Å². The first kappa shape index (κ1) is 20.1. The molecule has 1 amide bonds. The van der Waals surface area contributed by atoms with Crippen molar-refractivity contribution in [2.45, 2.75) is 20.3 Å². The van der Waals surface area contributed by atoms with Gasteiger partial charge >= 0.3 is 0 Å². The number of benzene rings is 1. The number of halogens is 1. The fourth-order valence-corrected chi connectivity index (χ4v) is 3.65. The molecule has 1 saturated heterocycles. The number of nitrogens with one attached hydrogen (secondary N) is 1. The number of rotatable bonds is 6. The standard InChI is InChI=1S/C21H25FN4O2/c1-14-15(2)26(18-6-4-5-17(22)9-18)21(19(14)10-23)24-20(27)12-25(3)11-16-7-8-28-13-16/h4-6,9,16H,7-8,11-13H2,1-3H3,(H,24,27)/t16-/m1/s1. The van der Waals surface area contributed by atoms with E-state index in [-0.39, 0.29) is 18.3 Å². The molecule has 0 saturated carbocycles. The number of likely N-dealkylation sites (N-methyl/N-ethyl adjacent to an activating group) is 1. The van der Waals surface area contributed by atoms with Crippen LogP contribution >= 0.6 is 0 Å². The van der Waals surface area contributed by atoms with Gasteiger partial charge in [-0.2, -0.15) is 5.26 Å². The Morgan fingerprint density at radius 3 is 2.89 bits per heavy atom. The molecule has 1 N–H and O–H groups in total. The highest BCUT2D eigenvalue weighted by Gasteiger charge is 2.22. The number of aromatic nitrogens is 1. The summed E-state index contributed by atoms with van der Waals surface area (Å²) in [4.78, 5) is 14.6. The zero-order chi connectivity index (χ0) is 20.3. The lowest BCUT2D eigenvalue weighted by molar-refractivity contribution is -0.117. The summed E-state index contributed by atoms with van der Waals surface area (Å²) in [7, 11) is 1.89. The summed E-state index contributed by atoms with van der Waals surface area (Å²) in [5.74, 6) is 0.226. The van der Waals surface area contributed by atoms with Crippen LogP contribution in [-0.4, -0.2) is 48.7 Å². The lowest BCUT2D eigenvalue weighted by Crippen LogP contribution is -2.34. The minimum absolute atomic E-state index is 0.202. The van der Waals surface area contributed by atoms with Gasteiger partial charge in [0.25, 0.3) is 0 Å². The van der Waals surface area contributed by atoms with Gasteiger partial charge in [-0.1, -0.05) is 6.07 Å². The first-order valence-electron chi connectivity index (χ1n) is 9.34. The van der Waals surface area contributed by atoms with E-state index in [2.05, 4.69) is 11.4 Å². The SMILES string of the molecule is Cc1c(C#N)c(NC(=O)CN(C)C[C@H]2CCOC2)n(-c2cccc(F)c2)c1C. The molecule has 3 rings (SSSR count). The van der Waals surface area contributed by atoms with E-state index < -0.39 is 0 Å². The first-order chi connectivity index (χ1) is 13.4. The molecule has 1 aromatic heterocycles. The van der Waals surface area contributed by atoms with Crippen LogP contribution in [0.4, 0.5) is 10.2 Å². The molecule has 1 aliphatic rings. The van der Waals surface area contributed by atoms with E-state index in [4.69, 9.17) is 4.74 Å². The molecule has 2 heterocycles. The number of anilines is 1. The van der Waals surface area contributed by atoms with E-state index in [1.807, 2.05) is 25.8 Å². The van der Waals surface area contributed by atoms with Crippen molar-refractivity contribution in [3.05, 3.63) is 46.9 Å². The van der Waals surface area contributed by atoms with Crippen molar-refractivity contribution < 1.29 is 13.9 Å². The van der Waals surface area contributed by atoms with Gasteiger partial charge in [0.2, 0.25) is 5.91 Å². The monoisotopic (exact) mass is 384 g/mol. The smallest absolute Gasteiger partial charge is 0.239 e. The zero-order valence-corrected chi connectivity index (χ0v) is 16.5. The molecule has 0 radical (unpaired) electrons. The average molecular weight is 384 g/mol. The quantitative estimate of drug-likeness (QED) is 0.831. The molecule has 148 valence electrons. The predicted molar refractivity (Wildman–Crippen MR) is 105 cm³/mol. The van der Waals surface area contributed by atoms with Gasteiger partial charge in [0, 0.05) is 18.8 Å². The second-order valence-corrected chi connectivity index (χ2v) is 7.34. The normalized spacial score (nSPS) is 16.4. The van der Waals surface area contributed by atoms with E-state index in [9.17, 15) is 14.4 Å². The van der Waals surface area contributed by atoms with Crippen molar-refractivity contribution in [3.8, 4) is 11.8 Å². The number of nitriles is 1. The predicted octanol–water partition coefficient (Wildman–Crippen LogP) is 3.01. The first-order valence-corrected chi connectivity index (χ1v) is 9.34. The van der Waals surface area contributed by atoms with Crippen LogP contribution in [0, 0.1) is 36.9 Å². The Morgan fingerprint density at radius 2 is 2.25 bits per heavy atom.